The first kappa shape index (κ1) is 17.3. The highest BCUT2D eigenvalue weighted by Crippen LogP contribution is 2.33. The summed E-state index contributed by atoms with van der Waals surface area (Å²) in [6.07, 6.45) is 8.70. The largest absolute Gasteiger partial charge is 0.397 e. The molecule has 8 heteroatoms. The number of hydrogen-bond acceptors (Lipinski definition) is 6. The summed E-state index contributed by atoms with van der Waals surface area (Å²) in [4.78, 5) is 21.1. The van der Waals surface area contributed by atoms with Crippen molar-refractivity contribution < 1.29 is 0 Å². The third-order valence-corrected chi connectivity index (χ3v) is 5.23. The third kappa shape index (κ3) is 2.89. The average molecular weight is 404 g/mol. The molecule has 0 aliphatic heterocycles. The van der Waals surface area contributed by atoms with Gasteiger partial charge in [-0.2, -0.15) is 5.10 Å². The van der Waals surface area contributed by atoms with Crippen LogP contribution >= 0.6 is 0 Å². The summed E-state index contributed by atoms with van der Waals surface area (Å²) in [6, 6.07) is 13.7. The maximum Gasteiger partial charge on any atom is 0.138 e. The fourth-order valence-electron chi connectivity index (χ4n) is 3.78. The molecule has 31 heavy (non-hydrogen) atoms. The summed E-state index contributed by atoms with van der Waals surface area (Å²) >= 11 is 0. The van der Waals surface area contributed by atoms with E-state index in [-0.39, 0.29) is 0 Å². The first-order valence-electron chi connectivity index (χ1n) is 9.71. The smallest absolute Gasteiger partial charge is 0.138 e. The highest BCUT2D eigenvalue weighted by Gasteiger charge is 2.15. The molecular formula is C23H16N8. The molecule has 0 bridgehead atoms. The minimum atomic E-state index is 0.593. The molecule has 6 aromatic heterocycles. The quantitative estimate of drug-likeness (QED) is 0.406. The predicted molar refractivity (Wildman–Crippen MR) is 120 cm³/mol. The number of H-pyrrole nitrogens is 2. The topological polar surface area (TPSA) is 122 Å². The van der Waals surface area contributed by atoms with E-state index in [2.05, 4.69) is 41.2 Å². The zero-order valence-electron chi connectivity index (χ0n) is 16.2. The molecule has 0 atom stereocenters. The van der Waals surface area contributed by atoms with E-state index in [1.165, 1.54) is 0 Å². The molecule has 0 aliphatic carbocycles. The Hall–Kier alpha value is -4.59. The van der Waals surface area contributed by atoms with Gasteiger partial charge in [-0.15, -0.1) is 0 Å². The van der Waals surface area contributed by atoms with Crippen LogP contribution in [0, 0.1) is 0 Å². The Labute approximate surface area is 176 Å². The van der Waals surface area contributed by atoms with Gasteiger partial charge < -0.3 is 10.7 Å². The lowest BCUT2D eigenvalue weighted by Gasteiger charge is -2.02. The van der Waals surface area contributed by atoms with E-state index in [9.17, 15) is 0 Å². The Balaban J connectivity index is 1.51. The number of rotatable bonds is 3. The molecule has 0 amide bonds. The van der Waals surface area contributed by atoms with Crippen LogP contribution < -0.4 is 5.73 Å². The molecule has 8 nitrogen and oxygen atoms in total. The van der Waals surface area contributed by atoms with Crippen molar-refractivity contribution >= 4 is 27.6 Å². The number of fused-ring (bicyclic) bond motifs is 2. The van der Waals surface area contributed by atoms with Crippen LogP contribution in [0.25, 0.3) is 55.8 Å². The fourth-order valence-corrected chi connectivity index (χ4v) is 3.78. The molecule has 6 heterocycles. The summed E-state index contributed by atoms with van der Waals surface area (Å²) < 4.78 is 0. The van der Waals surface area contributed by atoms with Crippen molar-refractivity contribution in [1.29, 1.82) is 0 Å². The summed E-state index contributed by atoms with van der Waals surface area (Å²) in [5, 5.41) is 9.53. The van der Waals surface area contributed by atoms with E-state index in [4.69, 9.17) is 5.73 Å². The number of anilines is 1. The highest BCUT2D eigenvalue weighted by molar-refractivity contribution is 5.99. The van der Waals surface area contributed by atoms with Gasteiger partial charge in [0, 0.05) is 46.7 Å². The number of nitrogens with zero attached hydrogens (tertiary/aromatic N) is 5. The molecule has 0 saturated heterocycles. The van der Waals surface area contributed by atoms with Crippen molar-refractivity contribution in [3.05, 3.63) is 73.4 Å². The van der Waals surface area contributed by atoms with E-state index < -0.39 is 0 Å². The van der Waals surface area contributed by atoms with Crippen LogP contribution in [0.15, 0.2) is 73.4 Å². The summed E-state index contributed by atoms with van der Waals surface area (Å²) in [6.45, 7) is 0. The molecule has 0 unspecified atom stereocenters. The number of hydrogen-bond donors (Lipinski definition) is 3. The van der Waals surface area contributed by atoms with Crippen molar-refractivity contribution in [2.24, 2.45) is 0 Å². The van der Waals surface area contributed by atoms with Gasteiger partial charge in [0.05, 0.1) is 34.5 Å². The molecule has 0 aromatic carbocycles. The Morgan fingerprint density at radius 3 is 2.65 bits per heavy atom. The summed E-state index contributed by atoms with van der Waals surface area (Å²) in [7, 11) is 0. The van der Waals surface area contributed by atoms with E-state index in [0.29, 0.717) is 5.69 Å². The first-order valence-corrected chi connectivity index (χ1v) is 9.71. The second-order valence-corrected chi connectivity index (χ2v) is 7.21. The number of nitrogen functional groups attached to an aromatic ring is 1. The van der Waals surface area contributed by atoms with Crippen LogP contribution in [-0.2, 0) is 0 Å². The van der Waals surface area contributed by atoms with Crippen LogP contribution in [0.2, 0.25) is 0 Å². The lowest BCUT2D eigenvalue weighted by molar-refractivity contribution is 1.11. The van der Waals surface area contributed by atoms with Crippen LogP contribution in [-0.4, -0.2) is 35.1 Å². The van der Waals surface area contributed by atoms with Gasteiger partial charge in [-0.25, -0.2) is 4.98 Å². The molecular weight excluding hydrogens is 388 g/mol. The maximum atomic E-state index is 5.89. The lowest BCUT2D eigenvalue weighted by Crippen LogP contribution is -1.89. The first-order chi connectivity index (χ1) is 15.3. The second-order valence-electron chi connectivity index (χ2n) is 7.21. The van der Waals surface area contributed by atoms with Crippen LogP contribution in [0.3, 0.4) is 0 Å². The molecule has 6 aromatic rings. The van der Waals surface area contributed by atoms with Gasteiger partial charge in [-0.3, -0.25) is 20.1 Å². The monoisotopic (exact) mass is 404 g/mol. The Bertz CT molecular complexity index is 1550. The van der Waals surface area contributed by atoms with Crippen LogP contribution in [0.4, 0.5) is 5.69 Å². The van der Waals surface area contributed by atoms with E-state index >= 15 is 0 Å². The van der Waals surface area contributed by atoms with Gasteiger partial charge in [-0.1, -0.05) is 6.07 Å². The molecule has 148 valence electrons. The molecule has 6 rings (SSSR count). The number of aromatic amines is 2. The molecule has 0 radical (unpaired) electrons. The minimum Gasteiger partial charge on any atom is -0.397 e. The zero-order chi connectivity index (χ0) is 20.8. The number of pyridine rings is 4. The van der Waals surface area contributed by atoms with E-state index in [1.807, 2.05) is 36.4 Å². The van der Waals surface area contributed by atoms with Gasteiger partial charge in [0.2, 0.25) is 0 Å². The zero-order valence-corrected chi connectivity index (χ0v) is 16.2. The lowest BCUT2D eigenvalue weighted by atomic mass is 10.1. The molecule has 0 saturated carbocycles. The third-order valence-electron chi connectivity index (χ3n) is 5.23. The van der Waals surface area contributed by atoms with E-state index in [1.54, 1.807) is 31.0 Å². The van der Waals surface area contributed by atoms with Crippen molar-refractivity contribution in [2.75, 3.05) is 5.73 Å². The van der Waals surface area contributed by atoms with Gasteiger partial charge >= 0.3 is 0 Å². The number of nitrogens with two attached hydrogens (primary N) is 1. The van der Waals surface area contributed by atoms with Crippen molar-refractivity contribution in [3.63, 3.8) is 0 Å². The van der Waals surface area contributed by atoms with Gasteiger partial charge in [0.1, 0.15) is 11.3 Å². The van der Waals surface area contributed by atoms with E-state index in [0.717, 1.165) is 55.8 Å². The SMILES string of the molecule is Nc1cncc(-c2cc3c(-c4cc5c(-c6ccccn6)ccnc5[nH]4)n[nH]c3cn2)c1. The Kier molecular flexibility index (Phi) is 3.76. The van der Waals surface area contributed by atoms with Gasteiger partial charge in [0.25, 0.3) is 0 Å². The van der Waals surface area contributed by atoms with Gasteiger partial charge in [0.15, 0.2) is 0 Å². The van der Waals surface area contributed by atoms with Crippen LogP contribution in [0.5, 0.6) is 0 Å². The second kappa shape index (κ2) is 6.74. The van der Waals surface area contributed by atoms with Gasteiger partial charge in [-0.05, 0) is 36.4 Å². The maximum absolute atomic E-state index is 5.89. The fraction of sp³-hybridized carbons (Fsp3) is 0. The van der Waals surface area contributed by atoms with Crippen molar-refractivity contribution in [1.82, 2.24) is 35.1 Å². The van der Waals surface area contributed by atoms with Crippen molar-refractivity contribution in [3.8, 4) is 33.9 Å². The normalized spacial score (nSPS) is 11.4. The Morgan fingerprint density at radius 2 is 1.77 bits per heavy atom. The summed E-state index contributed by atoms with van der Waals surface area (Å²) in [5.41, 5.74) is 13.3. The van der Waals surface area contributed by atoms with Crippen LogP contribution in [0.1, 0.15) is 0 Å². The molecule has 0 spiro atoms. The molecule has 0 fully saturated rings. The number of aromatic nitrogens is 7. The standard InChI is InChI=1S/C23H16N8/c24-14-7-13(10-25-11-14)19-9-17-21(12-28-19)30-31-22(17)20-8-16-15(4-6-27-23(16)29-20)18-3-1-2-5-26-18/h1-12H,24H2,(H,27,29)(H,30,31). The predicted octanol–water partition coefficient (Wildman–Crippen LogP) is 4.21. The minimum absolute atomic E-state index is 0.593. The average Bonchev–Trinajstić information content (AvgIpc) is 3.43. The molecule has 4 N–H and O–H groups in total. The summed E-state index contributed by atoms with van der Waals surface area (Å²) in [5.74, 6) is 0. The highest BCUT2D eigenvalue weighted by atomic mass is 15.1. The molecule has 0 aliphatic rings. The Morgan fingerprint density at radius 1 is 0.806 bits per heavy atom. The number of nitrogens with one attached hydrogen (secondary N) is 2. The van der Waals surface area contributed by atoms with Crippen molar-refractivity contribution in [2.45, 2.75) is 0 Å².